The van der Waals surface area contributed by atoms with Crippen molar-refractivity contribution in [2.45, 2.75) is 53.1 Å². The van der Waals surface area contributed by atoms with E-state index in [1.54, 1.807) is 0 Å². The van der Waals surface area contributed by atoms with Crippen LogP contribution in [0.15, 0.2) is 0 Å². The molecule has 1 aliphatic heterocycles. The van der Waals surface area contributed by atoms with Crippen molar-refractivity contribution in [3.8, 4) is 0 Å². The zero-order valence-corrected chi connectivity index (χ0v) is 10.8. The van der Waals surface area contributed by atoms with Crippen molar-refractivity contribution in [2.24, 2.45) is 11.3 Å². The molecular formula is C13H27NO. The van der Waals surface area contributed by atoms with E-state index in [0.717, 1.165) is 12.5 Å². The molecule has 0 aromatic heterocycles. The van der Waals surface area contributed by atoms with Crippen molar-refractivity contribution in [3.63, 3.8) is 0 Å². The highest BCUT2D eigenvalue weighted by Crippen LogP contribution is 2.26. The molecule has 15 heavy (non-hydrogen) atoms. The first-order valence-electron chi connectivity index (χ1n) is 6.36. The predicted octanol–water partition coefficient (Wildman–Crippen LogP) is 2.52. The van der Waals surface area contributed by atoms with Gasteiger partial charge in [-0.3, -0.25) is 0 Å². The maximum atomic E-state index is 9.68. The Hall–Kier alpha value is -0.0800. The zero-order chi connectivity index (χ0) is 11.5. The lowest BCUT2D eigenvalue weighted by Crippen LogP contribution is -2.43. The minimum atomic E-state index is -0.221. The Balaban J connectivity index is 2.35. The van der Waals surface area contributed by atoms with Gasteiger partial charge < -0.3 is 10.0 Å². The van der Waals surface area contributed by atoms with Gasteiger partial charge in [0.1, 0.15) is 0 Å². The third kappa shape index (κ3) is 3.76. The number of hydrogen-bond donors (Lipinski definition) is 1. The highest BCUT2D eigenvalue weighted by Gasteiger charge is 2.28. The first-order chi connectivity index (χ1) is 6.95. The van der Waals surface area contributed by atoms with E-state index < -0.39 is 0 Å². The maximum absolute atomic E-state index is 9.68. The molecule has 1 atom stereocenters. The molecule has 1 unspecified atom stereocenters. The summed E-state index contributed by atoms with van der Waals surface area (Å²) in [4.78, 5) is 2.51. The zero-order valence-electron chi connectivity index (χ0n) is 10.8. The lowest BCUT2D eigenvalue weighted by atomic mass is 9.85. The van der Waals surface area contributed by atoms with Gasteiger partial charge >= 0.3 is 0 Å². The maximum Gasteiger partial charge on any atom is 0.0575 e. The van der Waals surface area contributed by atoms with Gasteiger partial charge in [-0.2, -0.15) is 0 Å². The van der Waals surface area contributed by atoms with Gasteiger partial charge in [0, 0.05) is 12.0 Å². The van der Waals surface area contributed by atoms with Gasteiger partial charge in [0.2, 0.25) is 0 Å². The van der Waals surface area contributed by atoms with Crippen LogP contribution in [0.5, 0.6) is 0 Å². The summed E-state index contributed by atoms with van der Waals surface area (Å²) in [6.45, 7) is 12.0. The van der Waals surface area contributed by atoms with Crippen molar-refractivity contribution in [3.05, 3.63) is 0 Å². The van der Waals surface area contributed by atoms with Gasteiger partial charge in [0.25, 0.3) is 0 Å². The van der Waals surface area contributed by atoms with Crippen LogP contribution in [0.25, 0.3) is 0 Å². The average Bonchev–Trinajstić information content (AvgIpc) is 2.18. The van der Waals surface area contributed by atoms with Gasteiger partial charge in [0.05, 0.1) is 6.10 Å². The van der Waals surface area contributed by atoms with Crippen LogP contribution in [0.4, 0.5) is 0 Å². The Kier molecular flexibility index (Phi) is 4.60. The summed E-state index contributed by atoms with van der Waals surface area (Å²) in [6.07, 6.45) is 3.79. The Morgan fingerprint density at radius 1 is 1.33 bits per heavy atom. The van der Waals surface area contributed by atoms with E-state index in [1.807, 2.05) is 6.92 Å². The fraction of sp³-hybridized carbons (Fsp3) is 1.00. The van der Waals surface area contributed by atoms with Crippen molar-refractivity contribution >= 4 is 0 Å². The van der Waals surface area contributed by atoms with E-state index in [9.17, 15) is 5.11 Å². The molecule has 1 heterocycles. The topological polar surface area (TPSA) is 23.5 Å². The number of piperidine rings is 1. The molecule has 0 radical (unpaired) electrons. The van der Waals surface area contributed by atoms with Crippen LogP contribution in [0.2, 0.25) is 0 Å². The molecule has 1 fully saturated rings. The van der Waals surface area contributed by atoms with E-state index in [4.69, 9.17) is 0 Å². The second kappa shape index (κ2) is 5.31. The molecule has 0 saturated carbocycles. The monoisotopic (exact) mass is 213 g/mol. The average molecular weight is 213 g/mol. The Labute approximate surface area is 94.7 Å². The molecule has 1 N–H and O–H groups in total. The molecule has 2 nitrogen and oxygen atoms in total. The molecule has 2 heteroatoms. The lowest BCUT2D eigenvalue weighted by molar-refractivity contribution is 0.0247. The van der Waals surface area contributed by atoms with Crippen molar-refractivity contribution in [2.75, 3.05) is 19.6 Å². The molecule has 90 valence electrons. The quantitative estimate of drug-likeness (QED) is 0.775. The minimum absolute atomic E-state index is 0.0268. The van der Waals surface area contributed by atoms with E-state index in [2.05, 4.69) is 25.7 Å². The summed E-state index contributed by atoms with van der Waals surface area (Å²) in [5, 5.41) is 9.68. The van der Waals surface area contributed by atoms with Crippen LogP contribution >= 0.6 is 0 Å². The van der Waals surface area contributed by atoms with Crippen molar-refractivity contribution < 1.29 is 5.11 Å². The Morgan fingerprint density at radius 2 is 1.87 bits per heavy atom. The number of hydrogen-bond acceptors (Lipinski definition) is 2. The van der Waals surface area contributed by atoms with Crippen LogP contribution in [0.3, 0.4) is 0 Å². The fourth-order valence-corrected chi connectivity index (χ4v) is 2.26. The smallest absolute Gasteiger partial charge is 0.0575 e. The summed E-state index contributed by atoms with van der Waals surface area (Å²) in [5.74, 6) is 0.941. The van der Waals surface area contributed by atoms with E-state index in [-0.39, 0.29) is 11.5 Å². The minimum Gasteiger partial charge on any atom is -0.393 e. The summed E-state index contributed by atoms with van der Waals surface area (Å²) in [6, 6.07) is 0. The van der Waals surface area contributed by atoms with Gasteiger partial charge in [-0.05, 0) is 38.8 Å². The number of aliphatic hydroxyl groups is 1. The van der Waals surface area contributed by atoms with E-state index >= 15 is 0 Å². The van der Waals surface area contributed by atoms with Crippen molar-refractivity contribution in [1.82, 2.24) is 4.90 Å². The molecule has 0 aliphatic carbocycles. The molecular weight excluding hydrogens is 186 g/mol. The van der Waals surface area contributed by atoms with Gasteiger partial charge in [-0.15, -0.1) is 0 Å². The largest absolute Gasteiger partial charge is 0.393 e. The normalized spacial score (nSPS) is 23.0. The van der Waals surface area contributed by atoms with Gasteiger partial charge in [-0.25, -0.2) is 0 Å². The van der Waals surface area contributed by atoms with Gasteiger partial charge in [-0.1, -0.05) is 27.2 Å². The molecule has 1 rings (SSSR count). The number of rotatable bonds is 4. The van der Waals surface area contributed by atoms with Crippen LogP contribution in [0.1, 0.15) is 47.0 Å². The summed E-state index contributed by atoms with van der Waals surface area (Å²) < 4.78 is 0. The predicted molar refractivity (Wildman–Crippen MR) is 64.9 cm³/mol. The molecule has 0 spiro atoms. The van der Waals surface area contributed by atoms with E-state index in [0.29, 0.717) is 0 Å². The fourth-order valence-electron chi connectivity index (χ4n) is 2.26. The lowest BCUT2D eigenvalue weighted by Gasteiger charge is -2.38. The van der Waals surface area contributed by atoms with Crippen LogP contribution in [-0.4, -0.2) is 35.7 Å². The number of nitrogens with zero attached hydrogens (tertiary/aromatic N) is 1. The molecule has 0 aromatic rings. The standard InChI is InChI=1S/C13H27NO/c1-5-12-6-8-14(9-7-12)10-13(3,4)11(2)15/h11-12,15H,5-10H2,1-4H3. The molecule has 0 bridgehead atoms. The summed E-state index contributed by atoms with van der Waals surface area (Å²) in [5.41, 5.74) is 0.0268. The third-order valence-electron chi connectivity index (χ3n) is 4.05. The summed E-state index contributed by atoms with van der Waals surface area (Å²) in [7, 11) is 0. The molecule has 0 amide bonds. The highest BCUT2D eigenvalue weighted by atomic mass is 16.3. The number of aliphatic hydroxyl groups excluding tert-OH is 1. The second-order valence-electron chi connectivity index (χ2n) is 5.79. The number of likely N-dealkylation sites (tertiary alicyclic amines) is 1. The first kappa shape index (κ1) is 13.0. The molecule has 1 saturated heterocycles. The van der Waals surface area contributed by atoms with E-state index in [1.165, 1.54) is 32.4 Å². The SMILES string of the molecule is CCC1CCN(CC(C)(C)C(C)O)CC1. The molecule has 1 aliphatic rings. The van der Waals surface area contributed by atoms with Crippen LogP contribution < -0.4 is 0 Å². The van der Waals surface area contributed by atoms with Crippen LogP contribution in [-0.2, 0) is 0 Å². The summed E-state index contributed by atoms with van der Waals surface area (Å²) >= 11 is 0. The first-order valence-corrected chi connectivity index (χ1v) is 6.36. The second-order valence-corrected chi connectivity index (χ2v) is 5.79. The molecule has 0 aromatic carbocycles. The Morgan fingerprint density at radius 3 is 2.27 bits per heavy atom. The third-order valence-corrected chi connectivity index (χ3v) is 4.05. The Bertz CT molecular complexity index is 181. The van der Waals surface area contributed by atoms with Crippen molar-refractivity contribution in [1.29, 1.82) is 0 Å². The van der Waals surface area contributed by atoms with Crippen LogP contribution in [0, 0.1) is 11.3 Å². The highest BCUT2D eigenvalue weighted by molar-refractivity contribution is 4.81. The van der Waals surface area contributed by atoms with Gasteiger partial charge in [0.15, 0.2) is 0 Å².